The molecule has 0 amide bonds. The molecular formula is C16H20N2. The lowest BCUT2D eigenvalue weighted by atomic mass is 10.0. The summed E-state index contributed by atoms with van der Waals surface area (Å²) in [5.74, 6) is 0.954. The average Bonchev–Trinajstić information content (AvgIpc) is 2.40. The fourth-order valence-corrected chi connectivity index (χ4v) is 1.96. The predicted molar refractivity (Wildman–Crippen MR) is 77.9 cm³/mol. The molecule has 1 N–H and O–H groups in total. The highest BCUT2D eigenvalue weighted by Crippen LogP contribution is 2.24. The molecular weight excluding hydrogens is 220 g/mol. The molecule has 0 fully saturated rings. The van der Waals surface area contributed by atoms with E-state index in [1.54, 1.807) is 0 Å². The molecule has 2 aromatic rings. The van der Waals surface area contributed by atoms with Crippen LogP contribution < -0.4 is 5.32 Å². The third kappa shape index (κ3) is 2.70. The molecule has 1 aromatic carbocycles. The molecule has 0 aliphatic heterocycles. The van der Waals surface area contributed by atoms with E-state index in [2.05, 4.69) is 61.4 Å². The molecule has 0 spiro atoms. The van der Waals surface area contributed by atoms with Crippen LogP contribution in [0.2, 0.25) is 0 Å². The Bertz CT molecular complexity index is 532. The molecule has 0 unspecified atom stereocenters. The second-order valence-electron chi connectivity index (χ2n) is 4.58. The van der Waals surface area contributed by atoms with E-state index in [4.69, 9.17) is 0 Å². The van der Waals surface area contributed by atoms with E-state index >= 15 is 0 Å². The van der Waals surface area contributed by atoms with E-state index in [0.717, 1.165) is 24.5 Å². The average molecular weight is 240 g/mol. The third-order valence-electron chi connectivity index (χ3n) is 3.19. The van der Waals surface area contributed by atoms with Crippen molar-refractivity contribution in [2.75, 3.05) is 11.9 Å². The number of benzene rings is 1. The van der Waals surface area contributed by atoms with Gasteiger partial charge in [-0.05, 0) is 43.5 Å². The normalized spacial score (nSPS) is 10.4. The van der Waals surface area contributed by atoms with Gasteiger partial charge in [0.05, 0.1) is 5.69 Å². The third-order valence-corrected chi connectivity index (χ3v) is 3.19. The van der Waals surface area contributed by atoms with Gasteiger partial charge >= 0.3 is 0 Å². The second kappa shape index (κ2) is 5.67. The van der Waals surface area contributed by atoms with Crippen molar-refractivity contribution >= 4 is 5.82 Å². The molecule has 0 aliphatic rings. The van der Waals surface area contributed by atoms with E-state index in [1.807, 2.05) is 6.07 Å². The van der Waals surface area contributed by atoms with Gasteiger partial charge in [-0.3, -0.25) is 0 Å². The van der Waals surface area contributed by atoms with Gasteiger partial charge in [0.15, 0.2) is 0 Å². The van der Waals surface area contributed by atoms with Gasteiger partial charge < -0.3 is 5.32 Å². The quantitative estimate of drug-likeness (QED) is 0.866. The summed E-state index contributed by atoms with van der Waals surface area (Å²) in [6.45, 7) is 7.40. The minimum atomic E-state index is 0.954. The zero-order valence-electron chi connectivity index (χ0n) is 11.3. The topological polar surface area (TPSA) is 24.9 Å². The van der Waals surface area contributed by atoms with Gasteiger partial charge in [-0.2, -0.15) is 0 Å². The number of hydrogen-bond donors (Lipinski definition) is 1. The van der Waals surface area contributed by atoms with Crippen LogP contribution in [-0.4, -0.2) is 11.5 Å². The molecule has 2 heteroatoms. The Balaban J connectivity index is 2.35. The number of aryl methyl sites for hydroxylation is 1. The maximum absolute atomic E-state index is 4.67. The van der Waals surface area contributed by atoms with Gasteiger partial charge in [-0.1, -0.05) is 31.2 Å². The van der Waals surface area contributed by atoms with Gasteiger partial charge in [-0.15, -0.1) is 0 Å². The van der Waals surface area contributed by atoms with Crippen molar-refractivity contribution in [1.29, 1.82) is 0 Å². The maximum Gasteiger partial charge on any atom is 0.126 e. The molecule has 0 bridgehead atoms. The smallest absolute Gasteiger partial charge is 0.126 e. The zero-order chi connectivity index (χ0) is 13.0. The van der Waals surface area contributed by atoms with Crippen molar-refractivity contribution in [1.82, 2.24) is 4.98 Å². The van der Waals surface area contributed by atoms with Crippen LogP contribution in [0.15, 0.2) is 36.4 Å². The number of nitrogens with one attached hydrogen (secondary N) is 1. The van der Waals surface area contributed by atoms with Crippen LogP contribution in [0.1, 0.15) is 24.5 Å². The van der Waals surface area contributed by atoms with Crippen molar-refractivity contribution in [2.24, 2.45) is 0 Å². The van der Waals surface area contributed by atoms with Crippen molar-refractivity contribution < 1.29 is 0 Å². The highest BCUT2D eigenvalue weighted by Gasteiger charge is 2.05. The fraction of sp³-hybridized carbons (Fsp3) is 0.312. The minimum Gasteiger partial charge on any atom is -0.370 e. The summed E-state index contributed by atoms with van der Waals surface area (Å²) in [7, 11) is 0. The van der Waals surface area contributed by atoms with Crippen LogP contribution in [0.5, 0.6) is 0 Å². The van der Waals surface area contributed by atoms with Crippen LogP contribution in [0.3, 0.4) is 0 Å². The summed E-state index contributed by atoms with van der Waals surface area (Å²) in [6.07, 6.45) is 1.11. The number of nitrogens with zero attached hydrogens (tertiary/aromatic N) is 1. The van der Waals surface area contributed by atoms with Crippen LogP contribution in [-0.2, 0) is 0 Å². The molecule has 94 valence electrons. The molecule has 0 saturated heterocycles. The lowest BCUT2D eigenvalue weighted by Crippen LogP contribution is -2.02. The first-order chi connectivity index (χ1) is 8.72. The standard InChI is InChI=1S/C16H20N2/c1-4-11-17-16-10-6-9-15(18-16)14-8-5-7-12(2)13(14)3/h5-10H,4,11H2,1-3H3,(H,17,18). The summed E-state index contributed by atoms with van der Waals surface area (Å²) in [5.41, 5.74) is 4.87. The number of rotatable bonds is 4. The highest BCUT2D eigenvalue weighted by molar-refractivity contribution is 5.66. The summed E-state index contributed by atoms with van der Waals surface area (Å²) < 4.78 is 0. The van der Waals surface area contributed by atoms with Crippen LogP contribution in [0, 0.1) is 13.8 Å². The first-order valence-corrected chi connectivity index (χ1v) is 6.50. The fourth-order valence-electron chi connectivity index (χ4n) is 1.96. The van der Waals surface area contributed by atoms with Crippen molar-refractivity contribution in [3.8, 4) is 11.3 Å². The van der Waals surface area contributed by atoms with Crippen LogP contribution in [0.4, 0.5) is 5.82 Å². The van der Waals surface area contributed by atoms with E-state index in [0.29, 0.717) is 0 Å². The van der Waals surface area contributed by atoms with Gasteiger partial charge in [0, 0.05) is 12.1 Å². The summed E-state index contributed by atoms with van der Waals surface area (Å²) in [6, 6.07) is 12.5. The minimum absolute atomic E-state index is 0.954. The molecule has 2 nitrogen and oxygen atoms in total. The first-order valence-electron chi connectivity index (χ1n) is 6.50. The number of aromatic nitrogens is 1. The number of hydrogen-bond acceptors (Lipinski definition) is 2. The van der Waals surface area contributed by atoms with Gasteiger partial charge in [0.2, 0.25) is 0 Å². The van der Waals surface area contributed by atoms with Gasteiger partial charge in [0.1, 0.15) is 5.82 Å². The monoisotopic (exact) mass is 240 g/mol. The Morgan fingerprint density at radius 3 is 2.61 bits per heavy atom. The second-order valence-corrected chi connectivity index (χ2v) is 4.58. The van der Waals surface area contributed by atoms with E-state index in [1.165, 1.54) is 16.7 Å². The molecule has 0 saturated carbocycles. The number of pyridine rings is 1. The van der Waals surface area contributed by atoms with Crippen LogP contribution in [0.25, 0.3) is 11.3 Å². The van der Waals surface area contributed by atoms with Crippen molar-refractivity contribution in [3.05, 3.63) is 47.5 Å². The Labute approximate surface area is 109 Å². The zero-order valence-corrected chi connectivity index (χ0v) is 11.3. The van der Waals surface area contributed by atoms with Crippen molar-refractivity contribution in [2.45, 2.75) is 27.2 Å². The summed E-state index contributed by atoms with van der Waals surface area (Å²) in [5, 5.41) is 3.33. The Morgan fingerprint density at radius 1 is 1.06 bits per heavy atom. The number of anilines is 1. The van der Waals surface area contributed by atoms with Crippen molar-refractivity contribution in [3.63, 3.8) is 0 Å². The summed E-state index contributed by atoms with van der Waals surface area (Å²) >= 11 is 0. The molecule has 0 aliphatic carbocycles. The summed E-state index contributed by atoms with van der Waals surface area (Å²) in [4.78, 5) is 4.67. The Kier molecular flexibility index (Phi) is 3.98. The maximum atomic E-state index is 4.67. The van der Waals surface area contributed by atoms with E-state index < -0.39 is 0 Å². The molecule has 1 heterocycles. The molecule has 2 rings (SSSR count). The Hall–Kier alpha value is -1.83. The largest absolute Gasteiger partial charge is 0.370 e. The SMILES string of the molecule is CCCNc1cccc(-c2cccc(C)c2C)n1. The molecule has 0 radical (unpaired) electrons. The van der Waals surface area contributed by atoms with Crippen LogP contribution >= 0.6 is 0 Å². The Morgan fingerprint density at radius 2 is 1.83 bits per heavy atom. The van der Waals surface area contributed by atoms with Gasteiger partial charge in [0.25, 0.3) is 0 Å². The lowest BCUT2D eigenvalue weighted by Gasteiger charge is -2.10. The van der Waals surface area contributed by atoms with E-state index in [9.17, 15) is 0 Å². The molecule has 0 atom stereocenters. The lowest BCUT2D eigenvalue weighted by molar-refractivity contribution is 0.970. The van der Waals surface area contributed by atoms with E-state index in [-0.39, 0.29) is 0 Å². The first kappa shape index (κ1) is 12.6. The molecule has 18 heavy (non-hydrogen) atoms. The predicted octanol–water partition coefficient (Wildman–Crippen LogP) is 4.19. The molecule has 1 aromatic heterocycles. The van der Waals surface area contributed by atoms with Gasteiger partial charge in [-0.25, -0.2) is 4.98 Å². The highest BCUT2D eigenvalue weighted by atomic mass is 15.0.